The maximum atomic E-state index is 6.38. The number of nitrogens with two attached hydrogens (primary N) is 1. The molecule has 0 radical (unpaired) electrons. The van der Waals surface area contributed by atoms with E-state index in [4.69, 9.17) is 10.7 Å². The predicted molar refractivity (Wildman–Crippen MR) is 86.0 cm³/mol. The molecule has 21 heavy (non-hydrogen) atoms. The minimum absolute atomic E-state index is 0.924. The summed E-state index contributed by atoms with van der Waals surface area (Å²) in [6.45, 7) is 0. The number of rotatable bonds is 1. The average molecular weight is 275 g/mol. The number of aromatic nitrogens is 2. The van der Waals surface area contributed by atoms with E-state index in [1.54, 1.807) is 6.20 Å². The first-order chi connectivity index (χ1) is 10.3. The largest absolute Gasteiger partial charge is 0.398 e. The Kier molecular flexibility index (Phi) is 2.85. The average Bonchev–Trinajstić information content (AvgIpc) is 2.55. The molecule has 0 amide bonds. The van der Waals surface area contributed by atoms with Crippen molar-refractivity contribution in [2.75, 3.05) is 5.73 Å². The second kappa shape index (κ2) is 4.85. The summed E-state index contributed by atoms with van der Waals surface area (Å²) in [4.78, 5) is 9.05. The maximum Gasteiger partial charge on any atom is 0.0732 e. The van der Waals surface area contributed by atoms with Crippen LogP contribution >= 0.6 is 0 Å². The Morgan fingerprint density at radius 2 is 1.90 bits per heavy atom. The van der Waals surface area contributed by atoms with Gasteiger partial charge in [0.1, 0.15) is 0 Å². The molecule has 0 atom stereocenters. The standard InChI is InChI=1S/C18H17N3/c19-18-14-5-1-2-6-16(14)21-17-10-12(7-8-15(17)18)13-4-3-9-20-11-13/h3-4,7-11H,1-2,5-6H2,(H2,19,21). The fraction of sp³-hybridized carbons (Fsp3) is 0.222. The molecule has 0 bridgehead atoms. The summed E-state index contributed by atoms with van der Waals surface area (Å²) in [6, 6.07) is 10.3. The summed E-state index contributed by atoms with van der Waals surface area (Å²) >= 11 is 0. The normalized spacial score (nSPS) is 14.1. The van der Waals surface area contributed by atoms with Crippen LogP contribution in [0.3, 0.4) is 0 Å². The number of nitrogen functional groups attached to an aromatic ring is 1. The van der Waals surface area contributed by atoms with Gasteiger partial charge in [0.05, 0.1) is 5.52 Å². The molecule has 3 heteroatoms. The van der Waals surface area contributed by atoms with Gasteiger partial charge in [-0.1, -0.05) is 18.2 Å². The number of fused-ring (bicyclic) bond motifs is 2. The summed E-state index contributed by atoms with van der Waals surface area (Å²) in [5, 5.41) is 1.07. The Balaban J connectivity index is 1.92. The van der Waals surface area contributed by atoms with Crippen molar-refractivity contribution in [1.82, 2.24) is 9.97 Å². The van der Waals surface area contributed by atoms with Crippen LogP contribution in [0.5, 0.6) is 0 Å². The van der Waals surface area contributed by atoms with Gasteiger partial charge in [0.25, 0.3) is 0 Å². The molecule has 0 saturated heterocycles. The van der Waals surface area contributed by atoms with E-state index in [0.717, 1.165) is 40.6 Å². The zero-order valence-electron chi connectivity index (χ0n) is 11.8. The van der Waals surface area contributed by atoms with Gasteiger partial charge in [-0.25, -0.2) is 0 Å². The molecule has 0 spiro atoms. The smallest absolute Gasteiger partial charge is 0.0732 e. The number of pyridine rings is 2. The second-order valence-electron chi connectivity index (χ2n) is 5.63. The van der Waals surface area contributed by atoms with E-state index in [1.807, 2.05) is 12.3 Å². The van der Waals surface area contributed by atoms with Crippen molar-refractivity contribution in [3.8, 4) is 11.1 Å². The van der Waals surface area contributed by atoms with Crippen LogP contribution in [0.4, 0.5) is 5.69 Å². The van der Waals surface area contributed by atoms with Crippen LogP contribution in [0.15, 0.2) is 42.7 Å². The zero-order chi connectivity index (χ0) is 14.2. The quantitative estimate of drug-likeness (QED) is 0.735. The lowest BCUT2D eigenvalue weighted by atomic mass is 9.92. The summed E-state index contributed by atoms with van der Waals surface area (Å²) in [5.74, 6) is 0. The van der Waals surface area contributed by atoms with Crippen LogP contribution in [0.25, 0.3) is 22.0 Å². The Morgan fingerprint density at radius 1 is 1.00 bits per heavy atom. The molecule has 2 heterocycles. The molecule has 2 N–H and O–H groups in total. The molecule has 0 unspecified atom stereocenters. The highest BCUT2D eigenvalue weighted by Crippen LogP contribution is 2.33. The van der Waals surface area contributed by atoms with E-state index in [9.17, 15) is 0 Å². The third-order valence-corrected chi connectivity index (χ3v) is 4.30. The number of hydrogen-bond acceptors (Lipinski definition) is 3. The molecule has 104 valence electrons. The summed E-state index contributed by atoms with van der Waals surface area (Å²) < 4.78 is 0. The number of anilines is 1. The minimum atomic E-state index is 0.924. The molecule has 2 aromatic heterocycles. The van der Waals surface area contributed by atoms with E-state index < -0.39 is 0 Å². The monoisotopic (exact) mass is 275 g/mol. The second-order valence-corrected chi connectivity index (χ2v) is 5.63. The number of benzene rings is 1. The molecule has 1 aliphatic carbocycles. The van der Waals surface area contributed by atoms with Crippen molar-refractivity contribution in [3.05, 3.63) is 54.0 Å². The van der Waals surface area contributed by atoms with Crippen LogP contribution in [0.2, 0.25) is 0 Å². The van der Waals surface area contributed by atoms with Gasteiger partial charge in [0.2, 0.25) is 0 Å². The molecule has 1 aliphatic rings. The first-order valence-electron chi connectivity index (χ1n) is 7.44. The van der Waals surface area contributed by atoms with E-state index in [0.29, 0.717) is 0 Å². The Hall–Kier alpha value is -2.42. The lowest BCUT2D eigenvalue weighted by Gasteiger charge is -2.18. The highest BCUT2D eigenvalue weighted by atomic mass is 14.7. The van der Waals surface area contributed by atoms with Crippen molar-refractivity contribution >= 4 is 16.6 Å². The predicted octanol–water partition coefficient (Wildman–Crippen LogP) is 3.76. The molecule has 0 fully saturated rings. The van der Waals surface area contributed by atoms with Gasteiger partial charge in [0, 0.05) is 34.7 Å². The summed E-state index contributed by atoms with van der Waals surface area (Å²) in [5.41, 5.74) is 13.0. The van der Waals surface area contributed by atoms with E-state index in [-0.39, 0.29) is 0 Å². The Bertz CT molecular complexity index is 810. The number of aryl methyl sites for hydroxylation is 1. The summed E-state index contributed by atoms with van der Waals surface area (Å²) in [7, 11) is 0. The van der Waals surface area contributed by atoms with Crippen molar-refractivity contribution in [3.63, 3.8) is 0 Å². The van der Waals surface area contributed by atoms with Gasteiger partial charge in [0.15, 0.2) is 0 Å². The Morgan fingerprint density at radius 3 is 2.76 bits per heavy atom. The third-order valence-electron chi connectivity index (χ3n) is 4.30. The molecule has 1 aromatic carbocycles. The van der Waals surface area contributed by atoms with Crippen molar-refractivity contribution in [2.45, 2.75) is 25.7 Å². The van der Waals surface area contributed by atoms with E-state index in [2.05, 4.69) is 29.2 Å². The number of hydrogen-bond donors (Lipinski definition) is 1. The number of nitrogens with zero attached hydrogens (tertiary/aromatic N) is 2. The fourth-order valence-electron chi connectivity index (χ4n) is 3.18. The van der Waals surface area contributed by atoms with Gasteiger partial charge in [-0.3, -0.25) is 9.97 Å². The minimum Gasteiger partial charge on any atom is -0.398 e. The van der Waals surface area contributed by atoms with Gasteiger partial charge < -0.3 is 5.73 Å². The topological polar surface area (TPSA) is 51.8 Å². The van der Waals surface area contributed by atoms with Gasteiger partial charge in [-0.15, -0.1) is 0 Å². The Labute approximate surface area is 123 Å². The van der Waals surface area contributed by atoms with Crippen LogP contribution < -0.4 is 5.73 Å². The molecule has 4 rings (SSSR count). The molecule has 0 saturated carbocycles. The van der Waals surface area contributed by atoms with E-state index >= 15 is 0 Å². The van der Waals surface area contributed by atoms with Crippen molar-refractivity contribution in [1.29, 1.82) is 0 Å². The first kappa shape index (κ1) is 12.3. The van der Waals surface area contributed by atoms with Crippen molar-refractivity contribution < 1.29 is 0 Å². The fourth-order valence-corrected chi connectivity index (χ4v) is 3.18. The summed E-state index contributed by atoms with van der Waals surface area (Å²) in [6.07, 6.45) is 8.21. The SMILES string of the molecule is Nc1c2c(nc3cc(-c4cccnc4)ccc13)CCCC2. The van der Waals surface area contributed by atoms with E-state index in [1.165, 1.54) is 24.1 Å². The molecule has 3 aromatic rings. The highest BCUT2D eigenvalue weighted by Gasteiger charge is 2.16. The lowest BCUT2D eigenvalue weighted by Crippen LogP contribution is -2.09. The molecular formula is C18H17N3. The first-order valence-corrected chi connectivity index (χ1v) is 7.44. The van der Waals surface area contributed by atoms with Crippen LogP contribution in [0.1, 0.15) is 24.1 Å². The van der Waals surface area contributed by atoms with Crippen LogP contribution in [-0.2, 0) is 12.8 Å². The van der Waals surface area contributed by atoms with Gasteiger partial charge in [-0.05, 0) is 48.9 Å². The highest BCUT2D eigenvalue weighted by molar-refractivity contribution is 5.94. The molecule has 0 aliphatic heterocycles. The molecular weight excluding hydrogens is 258 g/mol. The zero-order valence-corrected chi connectivity index (χ0v) is 11.8. The maximum absolute atomic E-state index is 6.38. The third kappa shape index (κ3) is 2.05. The van der Waals surface area contributed by atoms with Crippen LogP contribution in [0, 0.1) is 0 Å². The van der Waals surface area contributed by atoms with Gasteiger partial charge >= 0.3 is 0 Å². The van der Waals surface area contributed by atoms with Gasteiger partial charge in [-0.2, -0.15) is 0 Å². The van der Waals surface area contributed by atoms with Crippen LogP contribution in [-0.4, -0.2) is 9.97 Å². The lowest BCUT2D eigenvalue weighted by molar-refractivity contribution is 0.673. The van der Waals surface area contributed by atoms with Crippen molar-refractivity contribution in [2.24, 2.45) is 0 Å². The molecule has 3 nitrogen and oxygen atoms in total.